The number of hydrogen-bond donors (Lipinski definition) is 0. The summed E-state index contributed by atoms with van der Waals surface area (Å²) >= 11 is 0. The molecule has 0 unspecified atom stereocenters. The maximum atomic E-state index is 13.0. The molecule has 0 spiro atoms. The van der Waals surface area contributed by atoms with Gasteiger partial charge in [0, 0.05) is 20.0 Å². The second kappa shape index (κ2) is 5.76. The Morgan fingerprint density at radius 3 is 2.65 bits per heavy atom. The smallest absolute Gasteiger partial charge is 0.243 e. The minimum Gasteiger partial charge on any atom is -0.469 e. The predicted molar refractivity (Wildman–Crippen MR) is 73.4 cm³/mol. The molecule has 0 saturated heterocycles. The highest BCUT2D eigenvalue weighted by Gasteiger charge is 2.22. The fourth-order valence-corrected chi connectivity index (χ4v) is 3.29. The largest absolute Gasteiger partial charge is 0.469 e. The molecule has 0 radical (unpaired) electrons. The summed E-state index contributed by atoms with van der Waals surface area (Å²) in [5.74, 6) is 0.280. The first-order valence-electron chi connectivity index (χ1n) is 6.16. The number of rotatable bonds is 5. The summed E-state index contributed by atoms with van der Waals surface area (Å²) in [5, 5.41) is 0. The van der Waals surface area contributed by atoms with Gasteiger partial charge in [-0.1, -0.05) is 0 Å². The van der Waals surface area contributed by atoms with Gasteiger partial charge in [0.15, 0.2) is 0 Å². The van der Waals surface area contributed by atoms with Crippen molar-refractivity contribution in [2.45, 2.75) is 18.2 Å². The third kappa shape index (κ3) is 3.08. The first kappa shape index (κ1) is 14.7. The minimum absolute atomic E-state index is 0.126. The monoisotopic (exact) mass is 297 g/mol. The summed E-state index contributed by atoms with van der Waals surface area (Å²) in [5.41, 5.74) is 0.398. The van der Waals surface area contributed by atoms with Crippen LogP contribution in [-0.2, 0) is 16.4 Å². The third-order valence-corrected chi connectivity index (χ3v) is 5.10. The van der Waals surface area contributed by atoms with E-state index in [2.05, 4.69) is 0 Å². The van der Waals surface area contributed by atoms with Crippen molar-refractivity contribution in [1.82, 2.24) is 4.31 Å². The molecule has 0 amide bonds. The van der Waals surface area contributed by atoms with E-state index >= 15 is 0 Å². The van der Waals surface area contributed by atoms with Gasteiger partial charge in [-0.3, -0.25) is 0 Å². The van der Waals surface area contributed by atoms with Crippen molar-refractivity contribution in [1.29, 1.82) is 0 Å². The highest BCUT2D eigenvalue weighted by molar-refractivity contribution is 7.89. The highest BCUT2D eigenvalue weighted by Crippen LogP contribution is 2.20. The van der Waals surface area contributed by atoms with Gasteiger partial charge < -0.3 is 4.42 Å². The molecule has 108 valence electrons. The summed E-state index contributed by atoms with van der Waals surface area (Å²) in [4.78, 5) is 0.126. The van der Waals surface area contributed by atoms with Crippen LogP contribution in [0.4, 0.5) is 4.39 Å². The summed E-state index contributed by atoms with van der Waals surface area (Å²) < 4.78 is 44.3. The molecule has 0 aliphatic rings. The lowest BCUT2D eigenvalue weighted by Crippen LogP contribution is -2.29. The highest BCUT2D eigenvalue weighted by atomic mass is 32.2. The molecule has 2 aromatic rings. The normalized spacial score (nSPS) is 12.0. The Morgan fingerprint density at radius 1 is 1.30 bits per heavy atom. The van der Waals surface area contributed by atoms with Crippen molar-refractivity contribution < 1.29 is 17.2 Å². The van der Waals surface area contributed by atoms with E-state index in [4.69, 9.17) is 4.42 Å². The van der Waals surface area contributed by atoms with Crippen LogP contribution in [0.2, 0.25) is 0 Å². The average molecular weight is 297 g/mol. The molecule has 2 rings (SSSR count). The van der Waals surface area contributed by atoms with E-state index in [0.717, 1.165) is 11.8 Å². The fourth-order valence-electron chi connectivity index (χ4n) is 1.91. The molecule has 1 aromatic carbocycles. The zero-order valence-corrected chi connectivity index (χ0v) is 12.2. The Labute approximate surface area is 117 Å². The molecule has 1 heterocycles. The van der Waals surface area contributed by atoms with E-state index in [1.54, 1.807) is 25.3 Å². The Bertz CT molecular complexity index is 680. The molecule has 0 saturated carbocycles. The number of sulfonamides is 1. The lowest BCUT2D eigenvalue weighted by molar-refractivity contribution is 0.441. The quantitative estimate of drug-likeness (QED) is 0.852. The van der Waals surface area contributed by atoms with Crippen LogP contribution in [0.15, 0.2) is 45.9 Å². The van der Waals surface area contributed by atoms with Crippen LogP contribution in [-0.4, -0.2) is 26.3 Å². The third-order valence-electron chi connectivity index (χ3n) is 3.08. The fraction of sp³-hybridized carbons (Fsp3) is 0.286. The summed E-state index contributed by atoms with van der Waals surface area (Å²) in [6.07, 6.45) is 2.04. The van der Waals surface area contributed by atoms with Gasteiger partial charge in [-0.15, -0.1) is 0 Å². The second-order valence-corrected chi connectivity index (χ2v) is 6.58. The van der Waals surface area contributed by atoms with Crippen molar-refractivity contribution in [3.05, 3.63) is 53.7 Å². The van der Waals surface area contributed by atoms with E-state index in [-0.39, 0.29) is 4.90 Å². The molecule has 0 bridgehead atoms. The van der Waals surface area contributed by atoms with Crippen LogP contribution in [0.5, 0.6) is 0 Å². The molecule has 0 fully saturated rings. The van der Waals surface area contributed by atoms with E-state index in [0.29, 0.717) is 18.5 Å². The Kier molecular flexibility index (Phi) is 4.25. The average Bonchev–Trinajstić information content (AvgIpc) is 2.88. The maximum absolute atomic E-state index is 13.0. The first-order chi connectivity index (χ1) is 9.41. The van der Waals surface area contributed by atoms with Gasteiger partial charge >= 0.3 is 0 Å². The molecule has 0 atom stereocenters. The van der Waals surface area contributed by atoms with E-state index in [1.807, 2.05) is 0 Å². The molecule has 4 nitrogen and oxygen atoms in total. The van der Waals surface area contributed by atoms with Gasteiger partial charge in [-0.2, -0.15) is 0 Å². The number of furan rings is 1. The van der Waals surface area contributed by atoms with Crippen LogP contribution in [0.1, 0.15) is 11.3 Å². The Morgan fingerprint density at radius 2 is 2.05 bits per heavy atom. The SMILES string of the molecule is Cc1cc(F)ccc1S(=O)(=O)N(C)CCc1ccco1. The van der Waals surface area contributed by atoms with Crippen LogP contribution < -0.4 is 0 Å². The molecular weight excluding hydrogens is 281 g/mol. The lowest BCUT2D eigenvalue weighted by Gasteiger charge is -2.18. The van der Waals surface area contributed by atoms with Crippen LogP contribution in [0.25, 0.3) is 0 Å². The standard InChI is InChI=1S/C14H16FNO3S/c1-11-10-12(15)5-6-14(11)20(17,18)16(2)8-7-13-4-3-9-19-13/h3-6,9-10H,7-8H2,1-2H3. The molecule has 20 heavy (non-hydrogen) atoms. The van der Waals surface area contributed by atoms with Crippen LogP contribution >= 0.6 is 0 Å². The van der Waals surface area contributed by atoms with Gasteiger partial charge in [0.25, 0.3) is 0 Å². The molecule has 6 heteroatoms. The number of benzene rings is 1. The molecule has 0 aliphatic heterocycles. The van der Waals surface area contributed by atoms with Crippen LogP contribution in [0.3, 0.4) is 0 Å². The van der Waals surface area contributed by atoms with E-state index < -0.39 is 15.8 Å². The van der Waals surface area contributed by atoms with Crippen molar-refractivity contribution in [3.8, 4) is 0 Å². The summed E-state index contributed by atoms with van der Waals surface area (Å²) in [6, 6.07) is 7.22. The number of aryl methyl sites for hydroxylation is 1. The van der Waals surface area contributed by atoms with Gasteiger partial charge in [0.05, 0.1) is 11.2 Å². The van der Waals surface area contributed by atoms with Crippen molar-refractivity contribution in [2.75, 3.05) is 13.6 Å². The maximum Gasteiger partial charge on any atom is 0.243 e. The summed E-state index contributed by atoms with van der Waals surface area (Å²) in [6.45, 7) is 1.88. The number of likely N-dealkylation sites (N-methyl/N-ethyl adjacent to an activating group) is 1. The van der Waals surface area contributed by atoms with Gasteiger partial charge in [0.1, 0.15) is 11.6 Å². The van der Waals surface area contributed by atoms with Crippen molar-refractivity contribution >= 4 is 10.0 Å². The topological polar surface area (TPSA) is 50.5 Å². The van der Waals surface area contributed by atoms with Gasteiger partial charge in [-0.05, 0) is 42.8 Å². The van der Waals surface area contributed by atoms with Crippen molar-refractivity contribution in [3.63, 3.8) is 0 Å². The molecule has 0 N–H and O–H groups in total. The zero-order chi connectivity index (χ0) is 14.8. The van der Waals surface area contributed by atoms with Gasteiger partial charge in [-0.25, -0.2) is 17.1 Å². The zero-order valence-electron chi connectivity index (χ0n) is 11.3. The lowest BCUT2D eigenvalue weighted by atomic mass is 10.2. The van der Waals surface area contributed by atoms with E-state index in [9.17, 15) is 12.8 Å². The second-order valence-electron chi connectivity index (χ2n) is 4.57. The molecule has 0 aliphatic carbocycles. The van der Waals surface area contributed by atoms with E-state index in [1.165, 1.54) is 23.5 Å². The van der Waals surface area contributed by atoms with Gasteiger partial charge in [0.2, 0.25) is 10.0 Å². The first-order valence-corrected chi connectivity index (χ1v) is 7.60. The minimum atomic E-state index is -3.61. The molecular formula is C14H16FNO3S. The van der Waals surface area contributed by atoms with Crippen LogP contribution in [0, 0.1) is 12.7 Å². The number of halogens is 1. The molecule has 1 aromatic heterocycles. The Hall–Kier alpha value is -1.66. The summed E-state index contributed by atoms with van der Waals surface area (Å²) in [7, 11) is -2.11. The number of nitrogens with zero attached hydrogens (tertiary/aromatic N) is 1. The van der Waals surface area contributed by atoms with Crippen molar-refractivity contribution in [2.24, 2.45) is 0 Å². The Balaban J connectivity index is 2.16. The predicted octanol–water partition coefficient (Wildman–Crippen LogP) is 2.59. The number of hydrogen-bond acceptors (Lipinski definition) is 3.